The topological polar surface area (TPSA) is 83.3 Å². The van der Waals surface area contributed by atoms with Crippen molar-refractivity contribution in [3.63, 3.8) is 0 Å². The smallest absolute Gasteiger partial charge is 0.242 e. The largest absolute Gasteiger partial charge is 0.353 e. The van der Waals surface area contributed by atoms with E-state index in [0.29, 0.717) is 12.4 Å². The van der Waals surface area contributed by atoms with E-state index in [4.69, 9.17) is 5.84 Å². The molecule has 17 heavy (non-hydrogen) atoms. The molecule has 0 spiro atoms. The third-order valence-electron chi connectivity index (χ3n) is 2.89. The number of rotatable bonds is 3. The van der Waals surface area contributed by atoms with Crippen molar-refractivity contribution in [2.24, 2.45) is 5.84 Å². The van der Waals surface area contributed by atoms with Crippen molar-refractivity contribution in [2.45, 2.75) is 19.4 Å². The molecule has 1 amide bonds. The number of anilines is 2. The molecule has 0 aromatic carbocycles. The summed E-state index contributed by atoms with van der Waals surface area (Å²) in [5.74, 6) is 6.77. The summed E-state index contributed by atoms with van der Waals surface area (Å²) in [6.45, 7) is 3.41. The molecule has 1 aromatic heterocycles. The van der Waals surface area contributed by atoms with Crippen molar-refractivity contribution in [1.29, 1.82) is 0 Å². The van der Waals surface area contributed by atoms with Crippen LogP contribution in [0.2, 0.25) is 0 Å². The molecule has 1 aliphatic heterocycles. The molecule has 1 aliphatic rings. The molecule has 1 saturated heterocycles. The van der Waals surface area contributed by atoms with Gasteiger partial charge in [0, 0.05) is 13.1 Å². The molecule has 0 radical (unpaired) electrons. The fourth-order valence-corrected chi connectivity index (χ4v) is 2.06. The third-order valence-corrected chi connectivity index (χ3v) is 2.89. The highest BCUT2D eigenvalue weighted by molar-refractivity contribution is 5.86. The van der Waals surface area contributed by atoms with Gasteiger partial charge in [-0.25, -0.2) is 10.8 Å². The van der Waals surface area contributed by atoms with E-state index in [1.807, 2.05) is 24.0 Å². The zero-order chi connectivity index (χ0) is 12.3. The number of nitrogen functional groups attached to an aromatic ring is 1. The Balaban J connectivity index is 2.27. The van der Waals surface area contributed by atoms with Gasteiger partial charge in [0.15, 0.2) is 0 Å². The van der Waals surface area contributed by atoms with Crippen LogP contribution in [-0.2, 0) is 4.79 Å². The number of hydrazine groups is 1. The second-order valence-electron chi connectivity index (χ2n) is 3.93. The maximum absolute atomic E-state index is 11.7. The number of nitrogens with two attached hydrogens (primary N) is 1. The predicted octanol–water partition coefficient (Wildman–Crippen LogP) is 0.0820. The number of amides is 1. The lowest BCUT2D eigenvalue weighted by molar-refractivity contribution is -0.123. The van der Waals surface area contributed by atoms with Crippen molar-refractivity contribution in [1.82, 2.24) is 10.3 Å². The summed E-state index contributed by atoms with van der Waals surface area (Å²) in [4.78, 5) is 18.1. The molecule has 2 heterocycles. The van der Waals surface area contributed by atoms with Crippen LogP contribution in [0.4, 0.5) is 11.6 Å². The van der Waals surface area contributed by atoms with Gasteiger partial charge >= 0.3 is 0 Å². The molecular formula is C11H17N5O. The predicted molar refractivity (Wildman–Crippen MR) is 66.5 cm³/mol. The van der Waals surface area contributed by atoms with E-state index < -0.39 is 0 Å². The van der Waals surface area contributed by atoms with Gasteiger partial charge in [-0.15, -0.1) is 0 Å². The van der Waals surface area contributed by atoms with Crippen LogP contribution in [0.1, 0.15) is 13.3 Å². The Labute approximate surface area is 100 Å². The highest BCUT2D eigenvalue weighted by Crippen LogP contribution is 2.19. The number of hydrogen-bond donors (Lipinski definition) is 3. The maximum atomic E-state index is 11.7. The first-order valence-electron chi connectivity index (χ1n) is 5.74. The van der Waals surface area contributed by atoms with Crippen molar-refractivity contribution >= 4 is 17.5 Å². The van der Waals surface area contributed by atoms with Gasteiger partial charge in [-0.05, 0) is 18.6 Å². The van der Waals surface area contributed by atoms with Gasteiger partial charge in [-0.2, -0.15) is 0 Å². The Morgan fingerprint density at radius 3 is 3.18 bits per heavy atom. The monoisotopic (exact) mass is 235 g/mol. The van der Waals surface area contributed by atoms with Gasteiger partial charge in [0.1, 0.15) is 17.7 Å². The lowest BCUT2D eigenvalue weighted by Gasteiger charge is -2.35. The van der Waals surface area contributed by atoms with Crippen molar-refractivity contribution in [3.05, 3.63) is 18.2 Å². The number of pyridine rings is 1. The molecule has 1 atom stereocenters. The van der Waals surface area contributed by atoms with Crippen molar-refractivity contribution < 1.29 is 4.79 Å². The number of hydrogen-bond acceptors (Lipinski definition) is 5. The van der Waals surface area contributed by atoms with E-state index in [1.54, 1.807) is 6.07 Å². The van der Waals surface area contributed by atoms with Crippen LogP contribution in [-0.4, -0.2) is 30.0 Å². The maximum Gasteiger partial charge on any atom is 0.242 e. The van der Waals surface area contributed by atoms with Gasteiger partial charge in [0.25, 0.3) is 0 Å². The number of carbonyl (C=O) groups excluding carboxylic acids is 1. The summed E-state index contributed by atoms with van der Waals surface area (Å²) >= 11 is 0. The first-order valence-corrected chi connectivity index (χ1v) is 5.74. The van der Waals surface area contributed by atoms with Crippen LogP contribution in [0.3, 0.4) is 0 Å². The van der Waals surface area contributed by atoms with Gasteiger partial charge in [0.2, 0.25) is 5.91 Å². The molecule has 1 aromatic rings. The van der Waals surface area contributed by atoms with Crippen molar-refractivity contribution in [2.75, 3.05) is 23.4 Å². The molecule has 0 aliphatic carbocycles. The van der Waals surface area contributed by atoms with E-state index in [9.17, 15) is 4.79 Å². The Morgan fingerprint density at radius 1 is 1.65 bits per heavy atom. The summed E-state index contributed by atoms with van der Waals surface area (Å²) in [6, 6.07) is 5.40. The number of piperazine rings is 1. The Kier molecular flexibility index (Phi) is 3.43. The summed E-state index contributed by atoms with van der Waals surface area (Å²) in [7, 11) is 0. The molecule has 0 bridgehead atoms. The summed E-state index contributed by atoms with van der Waals surface area (Å²) in [6.07, 6.45) is 0.758. The molecule has 6 nitrogen and oxygen atoms in total. The zero-order valence-corrected chi connectivity index (χ0v) is 9.81. The van der Waals surface area contributed by atoms with Crippen LogP contribution in [0.5, 0.6) is 0 Å². The van der Waals surface area contributed by atoms with Gasteiger partial charge in [0.05, 0.1) is 0 Å². The molecule has 4 N–H and O–H groups in total. The Hall–Kier alpha value is -1.82. The normalized spacial score (nSPS) is 20.0. The summed E-state index contributed by atoms with van der Waals surface area (Å²) < 4.78 is 0. The minimum atomic E-state index is -0.149. The standard InChI is InChI=1S/C11H17N5O/c1-2-8-11(17)13-6-7-16(8)10-5-3-4-9(14-10)15-12/h3-5,8H,2,6-7,12H2,1H3,(H,13,17)(H,14,15). The highest BCUT2D eigenvalue weighted by Gasteiger charge is 2.28. The lowest BCUT2D eigenvalue weighted by Crippen LogP contribution is -2.55. The van der Waals surface area contributed by atoms with Gasteiger partial charge < -0.3 is 15.6 Å². The lowest BCUT2D eigenvalue weighted by atomic mass is 10.1. The minimum absolute atomic E-state index is 0.0617. The highest BCUT2D eigenvalue weighted by atomic mass is 16.2. The number of aromatic nitrogens is 1. The van der Waals surface area contributed by atoms with Crippen LogP contribution < -0.4 is 21.5 Å². The first-order chi connectivity index (χ1) is 8.26. The van der Waals surface area contributed by atoms with Crippen LogP contribution in [0.15, 0.2) is 18.2 Å². The van der Waals surface area contributed by atoms with E-state index in [2.05, 4.69) is 15.7 Å². The van der Waals surface area contributed by atoms with Crippen LogP contribution in [0, 0.1) is 0 Å². The SMILES string of the molecule is CCC1C(=O)NCCN1c1cccc(NN)n1. The molecular weight excluding hydrogens is 218 g/mol. The molecule has 92 valence electrons. The van der Waals surface area contributed by atoms with E-state index in [1.165, 1.54) is 0 Å². The van der Waals surface area contributed by atoms with Crippen LogP contribution >= 0.6 is 0 Å². The number of nitrogens with one attached hydrogen (secondary N) is 2. The average Bonchev–Trinajstić information content (AvgIpc) is 2.38. The average molecular weight is 235 g/mol. The first kappa shape index (κ1) is 11.7. The minimum Gasteiger partial charge on any atom is -0.353 e. The van der Waals surface area contributed by atoms with E-state index in [-0.39, 0.29) is 11.9 Å². The third kappa shape index (κ3) is 2.31. The number of carbonyl (C=O) groups is 1. The molecule has 6 heteroatoms. The molecule has 2 rings (SSSR count). The van der Waals surface area contributed by atoms with Gasteiger partial charge in [-0.3, -0.25) is 4.79 Å². The van der Waals surface area contributed by atoms with E-state index in [0.717, 1.165) is 18.8 Å². The Morgan fingerprint density at radius 2 is 2.47 bits per heavy atom. The fraction of sp³-hybridized carbons (Fsp3) is 0.455. The molecule has 0 saturated carbocycles. The van der Waals surface area contributed by atoms with Crippen molar-refractivity contribution in [3.8, 4) is 0 Å². The van der Waals surface area contributed by atoms with E-state index >= 15 is 0 Å². The Bertz CT molecular complexity index is 409. The zero-order valence-electron chi connectivity index (χ0n) is 9.81. The van der Waals surface area contributed by atoms with Crippen LogP contribution in [0.25, 0.3) is 0 Å². The molecule has 1 unspecified atom stereocenters. The second-order valence-corrected chi connectivity index (χ2v) is 3.93. The van der Waals surface area contributed by atoms with Gasteiger partial charge in [-0.1, -0.05) is 13.0 Å². The summed E-state index contributed by atoms with van der Waals surface area (Å²) in [5, 5.41) is 2.86. The molecule has 1 fully saturated rings. The fourth-order valence-electron chi connectivity index (χ4n) is 2.06. The quantitative estimate of drug-likeness (QED) is 0.510. The second kappa shape index (κ2) is 5.01. The summed E-state index contributed by atoms with van der Waals surface area (Å²) in [5.41, 5.74) is 2.51. The number of nitrogens with zero attached hydrogens (tertiary/aromatic N) is 2.